The van der Waals surface area contributed by atoms with Crippen LogP contribution in [0.5, 0.6) is 0 Å². The van der Waals surface area contributed by atoms with Gasteiger partial charge in [0, 0.05) is 37.0 Å². The zero-order chi connectivity index (χ0) is 17.1. The maximum Gasteiger partial charge on any atom is 0.227 e. The van der Waals surface area contributed by atoms with Crippen molar-refractivity contribution in [1.82, 2.24) is 4.90 Å². The number of rotatable bonds is 4. The highest BCUT2D eigenvalue weighted by atomic mass is 16.2. The standard InChI is InChI=1S/C18H23N3O3/c19-17(23)12-7-9-21(10-8-12)16(22)6-5-14-11-13-3-1-2-4-15(13)20-18(14)24/h1-4,12,14H,5-11H2,(H2,19,23)(H,20,24)/t14-/m0/s1. The van der Waals surface area contributed by atoms with Crippen LogP contribution in [0.4, 0.5) is 5.69 Å². The molecule has 0 aromatic heterocycles. The maximum absolute atomic E-state index is 12.3. The summed E-state index contributed by atoms with van der Waals surface area (Å²) in [6.45, 7) is 1.15. The minimum atomic E-state index is -0.278. The lowest BCUT2D eigenvalue weighted by Gasteiger charge is -2.31. The van der Waals surface area contributed by atoms with Crippen LogP contribution >= 0.6 is 0 Å². The van der Waals surface area contributed by atoms with Gasteiger partial charge < -0.3 is 16.0 Å². The van der Waals surface area contributed by atoms with Crippen molar-refractivity contribution in [3.8, 4) is 0 Å². The molecule has 2 heterocycles. The highest BCUT2D eigenvalue weighted by Crippen LogP contribution is 2.28. The van der Waals surface area contributed by atoms with E-state index in [1.165, 1.54) is 0 Å². The SMILES string of the molecule is NC(=O)C1CCN(C(=O)CC[C@H]2Cc3ccccc3NC2=O)CC1. The molecule has 0 radical (unpaired) electrons. The number of nitrogens with two attached hydrogens (primary N) is 1. The number of hydrogen-bond donors (Lipinski definition) is 2. The Balaban J connectivity index is 1.50. The first-order valence-electron chi connectivity index (χ1n) is 8.50. The summed E-state index contributed by atoms with van der Waals surface area (Å²) >= 11 is 0. The molecule has 6 heteroatoms. The number of amides is 3. The maximum atomic E-state index is 12.3. The predicted molar refractivity (Wildman–Crippen MR) is 90.0 cm³/mol. The average molecular weight is 329 g/mol. The number of likely N-dealkylation sites (tertiary alicyclic amines) is 1. The lowest BCUT2D eigenvalue weighted by molar-refractivity contribution is -0.135. The van der Waals surface area contributed by atoms with E-state index in [9.17, 15) is 14.4 Å². The molecular formula is C18H23N3O3. The quantitative estimate of drug-likeness (QED) is 0.872. The molecule has 0 aliphatic carbocycles. The largest absolute Gasteiger partial charge is 0.369 e. The summed E-state index contributed by atoms with van der Waals surface area (Å²) in [5.41, 5.74) is 7.31. The molecule has 1 aromatic carbocycles. The van der Waals surface area contributed by atoms with E-state index in [0.717, 1.165) is 11.3 Å². The minimum absolute atomic E-state index is 0.00561. The molecule has 0 unspecified atom stereocenters. The van der Waals surface area contributed by atoms with Crippen molar-refractivity contribution in [1.29, 1.82) is 0 Å². The van der Waals surface area contributed by atoms with Gasteiger partial charge in [-0.1, -0.05) is 18.2 Å². The van der Waals surface area contributed by atoms with Crippen molar-refractivity contribution in [2.75, 3.05) is 18.4 Å². The van der Waals surface area contributed by atoms with Gasteiger partial charge in [0.25, 0.3) is 0 Å². The molecule has 2 aliphatic rings. The number of fused-ring (bicyclic) bond motifs is 1. The topological polar surface area (TPSA) is 92.5 Å². The molecule has 1 aromatic rings. The van der Waals surface area contributed by atoms with Crippen molar-refractivity contribution in [2.45, 2.75) is 32.1 Å². The Bertz CT molecular complexity index is 651. The lowest BCUT2D eigenvalue weighted by Crippen LogP contribution is -2.42. The molecule has 128 valence electrons. The molecular weight excluding hydrogens is 306 g/mol. The number of para-hydroxylation sites is 1. The molecule has 3 rings (SSSR count). The molecule has 24 heavy (non-hydrogen) atoms. The van der Waals surface area contributed by atoms with E-state index in [1.807, 2.05) is 24.3 Å². The summed E-state index contributed by atoms with van der Waals surface area (Å²) in [5.74, 6) is -0.500. The second-order valence-electron chi connectivity index (χ2n) is 6.64. The zero-order valence-corrected chi connectivity index (χ0v) is 13.7. The van der Waals surface area contributed by atoms with Crippen LogP contribution < -0.4 is 11.1 Å². The van der Waals surface area contributed by atoms with E-state index < -0.39 is 0 Å². The number of carbonyl (C=O) groups is 3. The third-order valence-corrected chi connectivity index (χ3v) is 5.07. The third-order valence-electron chi connectivity index (χ3n) is 5.07. The summed E-state index contributed by atoms with van der Waals surface area (Å²) in [6, 6.07) is 7.77. The zero-order valence-electron chi connectivity index (χ0n) is 13.7. The van der Waals surface area contributed by atoms with Crippen LogP contribution in [0, 0.1) is 11.8 Å². The molecule has 0 saturated carbocycles. The van der Waals surface area contributed by atoms with Crippen molar-refractivity contribution in [3.05, 3.63) is 29.8 Å². The second kappa shape index (κ2) is 7.03. The first-order chi connectivity index (χ1) is 11.5. The number of benzene rings is 1. The molecule has 0 bridgehead atoms. The van der Waals surface area contributed by atoms with Crippen molar-refractivity contribution >= 4 is 23.4 Å². The van der Waals surface area contributed by atoms with Gasteiger partial charge in [-0.05, 0) is 37.3 Å². The van der Waals surface area contributed by atoms with Gasteiger partial charge in [0.05, 0.1) is 0 Å². The van der Waals surface area contributed by atoms with E-state index in [0.29, 0.717) is 45.2 Å². The molecule has 1 saturated heterocycles. The monoisotopic (exact) mass is 329 g/mol. The summed E-state index contributed by atoms with van der Waals surface area (Å²) in [4.78, 5) is 37.5. The van der Waals surface area contributed by atoms with Gasteiger partial charge >= 0.3 is 0 Å². The number of carbonyl (C=O) groups excluding carboxylic acids is 3. The smallest absolute Gasteiger partial charge is 0.227 e. The van der Waals surface area contributed by atoms with Gasteiger partial charge in [0.2, 0.25) is 17.7 Å². The Labute approximate surface area is 141 Å². The second-order valence-corrected chi connectivity index (χ2v) is 6.64. The molecule has 6 nitrogen and oxygen atoms in total. The molecule has 1 fully saturated rings. The summed E-state index contributed by atoms with van der Waals surface area (Å²) < 4.78 is 0. The molecule has 3 N–H and O–H groups in total. The Morgan fingerprint density at radius 2 is 1.92 bits per heavy atom. The normalized spacial score (nSPS) is 21.1. The number of nitrogens with zero attached hydrogens (tertiary/aromatic N) is 1. The highest BCUT2D eigenvalue weighted by molar-refractivity contribution is 5.96. The first-order valence-corrected chi connectivity index (χ1v) is 8.50. The Kier molecular flexibility index (Phi) is 4.83. The van der Waals surface area contributed by atoms with Gasteiger partial charge in [0.1, 0.15) is 0 Å². The van der Waals surface area contributed by atoms with Crippen LogP contribution in [-0.4, -0.2) is 35.7 Å². The van der Waals surface area contributed by atoms with Crippen LogP contribution in [-0.2, 0) is 20.8 Å². The lowest BCUT2D eigenvalue weighted by atomic mass is 9.89. The van der Waals surface area contributed by atoms with Gasteiger partial charge in [0.15, 0.2) is 0 Å². The van der Waals surface area contributed by atoms with E-state index >= 15 is 0 Å². The van der Waals surface area contributed by atoms with E-state index in [1.54, 1.807) is 4.90 Å². The molecule has 3 amide bonds. The van der Waals surface area contributed by atoms with Crippen LogP contribution in [0.15, 0.2) is 24.3 Å². The Hall–Kier alpha value is -2.37. The third kappa shape index (κ3) is 3.58. The molecule has 2 aliphatic heterocycles. The van der Waals surface area contributed by atoms with Gasteiger partial charge in [-0.2, -0.15) is 0 Å². The Morgan fingerprint density at radius 3 is 2.62 bits per heavy atom. The van der Waals surface area contributed by atoms with Crippen LogP contribution in [0.1, 0.15) is 31.2 Å². The van der Waals surface area contributed by atoms with Gasteiger partial charge in [-0.25, -0.2) is 0 Å². The van der Waals surface area contributed by atoms with E-state index in [2.05, 4.69) is 5.32 Å². The first kappa shape index (κ1) is 16.5. The number of anilines is 1. The number of hydrogen-bond acceptors (Lipinski definition) is 3. The summed E-state index contributed by atoms with van der Waals surface area (Å²) in [6.07, 6.45) is 2.87. The summed E-state index contributed by atoms with van der Waals surface area (Å²) in [7, 11) is 0. The van der Waals surface area contributed by atoms with E-state index in [-0.39, 0.29) is 29.6 Å². The fourth-order valence-corrected chi connectivity index (χ4v) is 3.52. The van der Waals surface area contributed by atoms with Gasteiger partial charge in [-0.15, -0.1) is 0 Å². The predicted octanol–water partition coefficient (Wildman–Crippen LogP) is 1.30. The average Bonchev–Trinajstić information content (AvgIpc) is 2.59. The van der Waals surface area contributed by atoms with Crippen LogP contribution in [0.3, 0.4) is 0 Å². The van der Waals surface area contributed by atoms with Crippen molar-refractivity contribution in [2.24, 2.45) is 17.6 Å². The van der Waals surface area contributed by atoms with Crippen LogP contribution in [0.25, 0.3) is 0 Å². The minimum Gasteiger partial charge on any atom is -0.369 e. The Morgan fingerprint density at radius 1 is 1.21 bits per heavy atom. The fourth-order valence-electron chi connectivity index (χ4n) is 3.52. The van der Waals surface area contributed by atoms with E-state index in [4.69, 9.17) is 5.73 Å². The van der Waals surface area contributed by atoms with Gasteiger partial charge in [-0.3, -0.25) is 14.4 Å². The molecule has 0 spiro atoms. The van der Waals surface area contributed by atoms with Crippen molar-refractivity contribution in [3.63, 3.8) is 0 Å². The number of piperidine rings is 1. The van der Waals surface area contributed by atoms with Crippen LogP contribution in [0.2, 0.25) is 0 Å². The number of primary amides is 1. The number of nitrogens with one attached hydrogen (secondary N) is 1. The molecule has 1 atom stereocenters. The fraction of sp³-hybridized carbons (Fsp3) is 0.500. The summed E-state index contributed by atoms with van der Waals surface area (Å²) in [5, 5.41) is 2.92. The highest BCUT2D eigenvalue weighted by Gasteiger charge is 2.29. The van der Waals surface area contributed by atoms with Crippen molar-refractivity contribution < 1.29 is 14.4 Å².